The fourth-order valence-corrected chi connectivity index (χ4v) is 4.68. The molecule has 0 bridgehead atoms. The van der Waals surface area contributed by atoms with E-state index in [-0.39, 0.29) is 18.1 Å². The maximum absolute atomic E-state index is 12.8. The monoisotopic (exact) mass is 447 g/mol. The minimum absolute atomic E-state index is 0.0281. The van der Waals surface area contributed by atoms with Crippen LogP contribution in [0.2, 0.25) is 0 Å². The van der Waals surface area contributed by atoms with Crippen LogP contribution >= 0.6 is 0 Å². The van der Waals surface area contributed by atoms with E-state index in [1.165, 1.54) is 10.4 Å². The van der Waals surface area contributed by atoms with E-state index >= 15 is 0 Å². The number of aryl methyl sites for hydroxylation is 1. The summed E-state index contributed by atoms with van der Waals surface area (Å²) in [5.41, 5.74) is 2.67. The molecule has 0 atom stereocenters. The highest BCUT2D eigenvalue weighted by molar-refractivity contribution is 7.89. The van der Waals surface area contributed by atoms with Gasteiger partial charge in [0, 0.05) is 13.1 Å². The molecule has 3 rings (SSSR count). The van der Waals surface area contributed by atoms with E-state index in [0.717, 1.165) is 11.1 Å². The third-order valence-electron chi connectivity index (χ3n) is 5.13. The lowest BCUT2D eigenvalue weighted by Gasteiger charge is -2.26. The standard InChI is InChI=1S/C23H29NO6S/c1-17(2)20-8-7-18(3)22(14-20)29-16-23(25)30-15-19-5-4-6-21(13-19)31(26,27)24-9-11-28-12-10-24/h4-8,13-14,17H,9-12,15-16H2,1-3H3. The van der Waals surface area contributed by atoms with Crippen LogP contribution in [-0.4, -0.2) is 51.6 Å². The molecule has 0 aliphatic carbocycles. The summed E-state index contributed by atoms with van der Waals surface area (Å²) < 4.78 is 43.1. The maximum atomic E-state index is 12.8. The number of hydrogen-bond donors (Lipinski definition) is 0. The fourth-order valence-electron chi connectivity index (χ4n) is 3.21. The zero-order valence-electron chi connectivity index (χ0n) is 18.2. The van der Waals surface area contributed by atoms with Crippen LogP contribution in [0.15, 0.2) is 47.4 Å². The van der Waals surface area contributed by atoms with Crippen molar-refractivity contribution in [3.63, 3.8) is 0 Å². The van der Waals surface area contributed by atoms with E-state index in [9.17, 15) is 13.2 Å². The van der Waals surface area contributed by atoms with Crippen molar-refractivity contribution in [1.82, 2.24) is 4.31 Å². The van der Waals surface area contributed by atoms with Crippen LogP contribution in [0.25, 0.3) is 0 Å². The summed E-state index contributed by atoms with van der Waals surface area (Å²) in [6, 6.07) is 12.4. The second kappa shape index (κ2) is 10.3. The first kappa shape index (κ1) is 23.2. The van der Waals surface area contributed by atoms with Crippen LogP contribution in [0.4, 0.5) is 0 Å². The molecule has 0 unspecified atom stereocenters. The molecule has 0 radical (unpaired) electrons. The summed E-state index contributed by atoms with van der Waals surface area (Å²) in [5.74, 6) is 0.494. The van der Waals surface area contributed by atoms with Gasteiger partial charge in [0.25, 0.3) is 0 Å². The highest BCUT2D eigenvalue weighted by Gasteiger charge is 2.26. The summed E-state index contributed by atoms with van der Waals surface area (Å²) in [6.07, 6.45) is 0. The van der Waals surface area contributed by atoms with Gasteiger partial charge in [-0.25, -0.2) is 13.2 Å². The van der Waals surface area contributed by atoms with Crippen LogP contribution in [0, 0.1) is 6.92 Å². The van der Waals surface area contributed by atoms with Gasteiger partial charge in [-0.2, -0.15) is 4.31 Å². The topological polar surface area (TPSA) is 82.1 Å². The van der Waals surface area contributed by atoms with Gasteiger partial charge in [-0.15, -0.1) is 0 Å². The zero-order chi connectivity index (χ0) is 22.4. The van der Waals surface area contributed by atoms with Gasteiger partial charge < -0.3 is 14.2 Å². The average molecular weight is 448 g/mol. The van der Waals surface area contributed by atoms with Gasteiger partial charge in [0.2, 0.25) is 10.0 Å². The Morgan fingerprint density at radius 1 is 1.13 bits per heavy atom. The molecule has 168 valence electrons. The Kier molecular flexibility index (Phi) is 7.69. The van der Waals surface area contributed by atoms with E-state index in [1.807, 2.05) is 25.1 Å². The van der Waals surface area contributed by atoms with Crippen molar-refractivity contribution in [2.24, 2.45) is 0 Å². The largest absolute Gasteiger partial charge is 0.482 e. The number of carbonyl (C=O) groups is 1. The van der Waals surface area contributed by atoms with Crippen LogP contribution < -0.4 is 4.74 Å². The van der Waals surface area contributed by atoms with Gasteiger partial charge in [-0.1, -0.05) is 38.1 Å². The predicted molar refractivity (Wildman–Crippen MR) is 117 cm³/mol. The molecule has 1 heterocycles. The number of morpholine rings is 1. The molecule has 1 aliphatic heterocycles. The fraction of sp³-hybridized carbons (Fsp3) is 0.435. The van der Waals surface area contributed by atoms with E-state index < -0.39 is 16.0 Å². The Bertz CT molecular complexity index is 1010. The van der Waals surface area contributed by atoms with Crippen LogP contribution in [-0.2, 0) is 30.9 Å². The van der Waals surface area contributed by atoms with Crippen LogP contribution in [0.5, 0.6) is 5.75 Å². The van der Waals surface area contributed by atoms with Gasteiger partial charge in [0.05, 0.1) is 18.1 Å². The molecule has 7 nitrogen and oxygen atoms in total. The van der Waals surface area contributed by atoms with E-state index in [4.69, 9.17) is 14.2 Å². The Morgan fingerprint density at radius 3 is 2.58 bits per heavy atom. The molecule has 1 aliphatic rings. The average Bonchev–Trinajstić information content (AvgIpc) is 2.77. The van der Waals surface area contributed by atoms with Crippen molar-refractivity contribution in [2.45, 2.75) is 38.2 Å². The van der Waals surface area contributed by atoms with E-state index in [0.29, 0.717) is 43.5 Å². The molecule has 0 amide bonds. The highest BCUT2D eigenvalue weighted by atomic mass is 32.2. The molecule has 8 heteroatoms. The summed E-state index contributed by atoms with van der Waals surface area (Å²) in [4.78, 5) is 12.3. The normalized spacial score (nSPS) is 15.1. The van der Waals surface area contributed by atoms with Crippen LogP contribution in [0.1, 0.15) is 36.5 Å². The molecule has 2 aromatic carbocycles. The van der Waals surface area contributed by atoms with Crippen molar-refractivity contribution < 1.29 is 27.4 Å². The third-order valence-corrected chi connectivity index (χ3v) is 7.03. The Labute approximate surface area is 184 Å². The summed E-state index contributed by atoms with van der Waals surface area (Å²) in [6.45, 7) is 7.30. The zero-order valence-corrected chi connectivity index (χ0v) is 19.0. The summed E-state index contributed by atoms with van der Waals surface area (Å²) >= 11 is 0. The van der Waals surface area contributed by atoms with Crippen molar-refractivity contribution in [3.8, 4) is 5.75 Å². The minimum atomic E-state index is -3.60. The lowest BCUT2D eigenvalue weighted by molar-refractivity contribution is -0.147. The first-order chi connectivity index (χ1) is 14.8. The lowest BCUT2D eigenvalue weighted by Crippen LogP contribution is -2.40. The number of sulfonamides is 1. The maximum Gasteiger partial charge on any atom is 0.344 e. The van der Waals surface area contributed by atoms with Crippen molar-refractivity contribution in [1.29, 1.82) is 0 Å². The summed E-state index contributed by atoms with van der Waals surface area (Å²) in [5, 5.41) is 0. The smallest absolute Gasteiger partial charge is 0.344 e. The number of nitrogens with zero attached hydrogens (tertiary/aromatic N) is 1. The van der Waals surface area contributed by atoms with E-state index in [2.05, 4.69) is 13.8 Å². The van der Waals surface area contributed by atoms with Crippen molar-refractivity contribution in [3.05, 3.63) is 59.2 Å². The van der Waals surface area contributed by atoms with Gasteiger partial charge in [-0.05, 0) is 47.7 Å². The predicted octanol–water partition coefficient (Wildman–Crippen LogP) is 3.26. The molecular weight excluding hydrogens is 418 g/mol. The molecule has 0 spiro atoms. The number of hydrogen-bond acceptors (Lipinski definition) is 6. The first-order valence-electron chi connectivity index (χ1n) is 10.3. The number of esters is 1. The minimum Gasteiger partial charge on any atom is -0.482 e. The molecular formula is C23H29NO6S. The molecule has 0 N–H and O–H groups in total. The van der Waals surface area contributed by atoms with Gasteiger partial charge in [-0.3, -0.25) is 0 Å². The molecule has 31 heavy (non-hydrogen) atoms. The van der Waals surface area contributed by atoms with Gasteiger partial charge in [0.15, 0.2) is 6.61 Å². The Balaban J connectivity index is 1.57. The van der Waals surface area contributed by atoms with Gasteiger partial charge in [0.1, 0.15) is 12.4 Å². The first-order valence-corrected chi connectivity index (χ1v) is 11.8. The number of rotatable bonds is 8. The second-order valence-electron chi connectivity index (χ2n) is 7.79. The molecule has 0 saturated carbocycles. The SMILES string of the molecule is Cc1ccc(C(C)C)cc1OCC(=O)OCc1cccc(S(=O)(=O)N2CCOCC2)c1. The van der Waals surface area contributed by atoms with E-state index in [1.54, 1.807) is 18.2 Å². The number of ether oxygens (including phenoxy) is 3. The number of benzene rings is 2. The second-order valence-corrected chi connectivity index (χ2v) is 9.73. The number of carbonyl (C=O) groups excluding carboxylic acids is 1. The lowest BCUT2D eigenvalue weighted by atomic mass is 10.0. The summed E-state index contributed by atoms with van der Waals surface area (Å²) in [7, 11) is -3.60. The van der Waals surface area contributed by atoms with Gasteiger partial charge >= 0.3 is 5.97 Å². The van der Waals surface area contributed by atoms with Crippen LogP contribution in [0.3, 0.4) is 0 Å². The Morgan fingerprint density at radius 2 is 1.87 bits per heavy atom. The Hall–Kier alpha value is -2.42. The molecule has 0 aromatic heterocycles. The molecule has 2 aromatic rings. The highest BCUT2D eigenvalue weighted by Crippen LogP contribution is 2.24. The molecule has 1 saturated heterocycles. The van der Waals surface area contributed by atoms with Crippen molar-refractivity contribution in [2.75, 3.05) is 32.9 Å². The quantitative estimate of drug-likeness (QED) is 0.578. The molecule has 1 fully saturated rings. The third kappa shape index (κ3) is 6.06. The van der Waals surface area contributed by atoms with Crippen molar-refractivity contribution >= 4 is 16.0 Å².